The second kappa shape index (κ2) is 7.38. The molecule has 7 heteroatoms. The van der Waals surface area contributed by atoms with E-state index < -0.39 is 20.5 Å². The monoisotopic (exact) mass is 393 g/mol. The minimum absolute atomic E-state index is 0.0405. The molecular weight excluding hydrogens is 372 g/mol. The van der Waals surface area contributed by atoms with Crippen molar-refractivity contribution in [2.75, 3.05) is 6.54 Å². The number of hydrogen-bond donors (Lipinski definition) is 0. The summed E-state index contributed by atoms with van der Waals surface area (Å²) in [5.41, 5.74) is 3.71. The highest BCUT2D eigenvalue weighted by atomic mass is 32.2. The zero-order valence-electron chi connectivity index (χ0n) is 15.2. The van der Waals surface area contributed by atoms with Crippen molar-refractivity contribution >= 4 is 15.7 Å². The summed E-state index contributed by atoms with van der Waals surface area (Å²) in [5, 5.41) is 0. The fourth-order valence-electron chi connectivity index (χ4n) is 3.38. The highest BCUT2D eigenvalue weighted by molar-refractivity contribution is 7.91. The molecule has 1 saturated heterocycles. The Bertz CT molecular complexity index is 956. The normalized spacial score (nSPS) is 17.5. The van der Waals surface area contributed by atoms with Crippen LogP contribution in [-0.4, -0.2) is 31.5 Å². The highest BCUT2D eigenvalue weighted by Gasteiger charge is 2.31. The van der Waals surface area contributed by atoms with Crippen LogP contribution in [-0.2, 0) is 9.84 Å². The van der Waals surface area contributed by atoms with E-state index in [1.54, 1.807) is 4.90 Å². The Morgan fingerprint density at radius 2 is 1.74 bits per heavy atom. The summed E-state index contributed by atoms with van der Waals surface area (Å²) in [5.74, 6) is -3.71. The molecule has 3 rings (SSSR count). The minimum Gasteiger partial charge on any atom is -0.332 e. The van der Waals surface area contributed by atoms with E-state index in [0.717, 1.165) is 36.1 Å². The van der Waals surface area contributed by atoms with E-state index in [1.165, 1.54) is 17.7 Å². The largest absolute Gasteiger partial charge is 0.341 e. The van der Waals surface area contributed by atoms with Gasteiger partial charge >= 0.3 is 5.76 Å². The summed E-state index contributed by atoms with van der Waals surface area (Å²) >= 11 is 0. The molecule has 0 saturated carbocycles. The Labute approximate surface area is 157 Å². The smallest absolute Gasteiger partial charge is 0.332 e. The maximum absolute atomic E-state index is 12.9. The number of alkyl halides is 2. The van der Waals surface area contributed by atoms with E-state index in [0.29, 0.717) is 12.1 Å². The van der Waals surface area contributed by atoms with E-state index in [4.69, 9.17) is 0 Å². The van der Waals surface area contributed by atoms with Crippen molar-refractivity contribution in [1.82, 2.24) is 4.90 Å². The lowest BCUT2D eigenvalue weighted by atomic mass is 9.99. The minimum atomic E-state index is -4.66. The number of sulfone groups is 1. The van der Waals surface area contributed by atoms with Crippen LogP contribution in [0, 0.1) is 13.8 Å². The first-order valence-corrected chi connectivity index (χ1v) is 10.3. The molecule has 0 aromatic heterocycles. The molecule has 4 nitrogen and oxygen atoms in total. The van der Waals surface area contributed by atoms with Gasteiger partial charge in [0.25, 0.3) is 5.91 Å². The van der Waals surface area contributed by atoms with Crippen LogP contribution in [0.4, 0.5) is 8.78 Å². The molecule has 0 spiro atoms. The molecule has 1 amide bonds. The predicted molar refractivity (Wildman–Crippen MR) is 98.6 cm³/mol. The number of nitrogens with zero attached hydrogens (tertiary/aromatic N) is 1. The van der Waals surface area contributed by atoms with Crippen LogP contribution in [0.25, 0.3) is 0 Å². The molecule has 0 aliphatic carbocycles. The Morgan fingerprint density at radius 1 is 1.07 bits per heavy atom. The molecule has 27 heavy (non-hydrogen) atoms. The molecular formula is C20H21F2NO3S. The fraction of sp³-hybridized carbons (Fsp3) is 0.350. The van der Waals surface area contributed by atoms with Crippen LogP contribution in [0.3, 0.4) is 0 Å². The Balaban J connectivity index is 1.85. The molecule has 0 radical (unpaired) electrons. The van der Waals surface area contributed by atoms with E-state index in [9.17, 15) is 22.0 Å². The lowest BCUT2D eigenvalue weighted by Crippen LogP contribution is -2.30. The highest BCUT2D eigenvalue weighted by Crippen LogP contribution is 2.34. The van der Waals surface area contributed by atoms with E-state index in [2.05, 4.69) is 6.07 Å². The topological polar surface area (TPSA) is 54.5 Å². The molecule has 1 aliphatic rings. The van der Waals surface area contributed by atoms with E-state index in [1.807, 2.05) is 26.0 Å². The van der Waals surface area contributed by atoms with Crippen molar-refractivity contribution in [3.8, 4) is 0 Å². The zero-order valence-corrected chi connectivity index (χ0v) is 16.0. The first kappa shape index (κ1) is 19.5. The third kappa shape index (κ3) is 3.74. The number of likely N-dealkylation sites (tertiary alicyclic amines) is 1. The lowest BCUT2D eigenvalue weighted by Gasteiger charge is -2.26. The maximum atomic E-state index is 12.9. The van der Waals surface area contributed by atoms with Crippen LogP contribution in [0.2, 0.25) is 0 Å². The van der Waals surface area contributed by atoms with Gasteiger partial charge in [-0.2, -0.15) is 8.78 Å². The van der Waals surface area contributed by atoms with Gasteiger partial charge in [0, 0.05) is 12.1 Å². The first-order chi connectivity index (χ1) is 12.7. The number of hydrogen-bond acceptors (Lipinski definition) is 3. The molecule has 2 aromatic carbocycles. The van der Waals surface area contributed by atoms with E-state index in [-0.39, 0.29) is 11.9 Å². The van der Waals surface area contributed by atoms with Crippen molar-refractivity contribution in [3.05, 3.63) is 64.7 Å². The van der Waals surface area contributed by atoms with Crippen molar-refractivity contribution in [1.29, 1.82) is 0 Å². The van der Waals surface area contributed by atoms with Gasteiger partial charge in [-0.3, -0.25) is 4.79 Å². The van der Waals surface area contributed by atoms with Gasteiger partial charge in [-0.1, -0.05) is 18.2 Å². The second-order valence-electron chi connectivity index (χ2n) is 6.83. The lowest BCUT2D eigenvalue weighted by molar-refractivity contribution is 0.0735. The van der Waals surface area contributed by atoms with Gasteiger partial charge < -0.3 is 4.90 Å². The number of amides is 1. The summed E-state index contributed by atoms with van der Waals surface area (Å²) < 4.78 is 48.3. The molecule has 0 bridgehead atoms. The standard InChI is InChI=1S/C20H21F2NO3S/c1-13-5-6-16(12-14(13)2)18-4-3-11-23(18)19(24)15-7-9-17(10-8-15)27(25,26)20(21)22/h5-10,12,18,20H,3-4,11H2,1-2H3. The second-order valence-corrected chi connectivity index (χ2v) is 8.75. The third-order valence-electron chi connectivity index (χ3n) is 5.09. The first-order valence-electron chi connectivity index (χ1n) is 8.72. The van der Waals surface area contributed by atoms with Crippen LogP contribution in [0.1, 0.15) is 45.9 Å². The predicted octanol–water partition coefficient (Wildman–Crippen LogP) is 4.28. The summed E-state index contributed by atoms with van der Waals surface area (Å²) in [7, 11) is -4.66. The van der Waals surface area contributed by atoms with Gasteiger partial charge in [0.05, 0.1) is 10.9 Å². The van der Waals surface area contributed by atoms with Crippen molar-refractivity contribution in [3.63, 3.8) is 0 Å². The summed E-state index contributed by atoms with van der Waals surface area (Å²) in [6.45, 7) is 4.67. The van der Waals surface area contributed by atoms with Crippen LogP contribution in [0.15, 0.2) is 47.4 Å². The fourth-order valence-corrected chi connectivity index (χ4v) is 4.11. The number of carbonyl (C=O) groups is 1. The average molecular weight is 393 g/mol. The van der Waals surface area contributed by atoms with Gasteiger partial charge in [0.2, 0.25) is 9.84 Å². The summed E-state index contributed by atoms with van der Waals surface area (Å²) in [6.07, 6.45) is 1.73. The summed E-state index contributed by atoms with van der Waals surface area (Å²) in [4.78, 5) is 14.2. The quantitative estimate of drug-likeness (QED) is 0.779. The molecule has 1 atom stereocenters. The zero-order chi connectivity index (χ0) is 19.8. The van der Waals surface area contributed by atoms with Crippen molar-refractivity contribution < 1.29 is 22.0 Å². The number of carbonyl (C=O) groups excluding carboxylic acids is 1. The average Bonchev–Trinajstić information content (AvgIpc) is 3.13. The van der Waals surface area contributed by atoms with Gasteiger partial charge in [-0.15, -0.1) is 0 Å². The molecule has 1 aliphatic heterocycles. The van der Waals surface area contributed by atoms with Gasteiger partial charge in [0.15, 0.2) is 0 Å². The van der Waals surface area contributed by atoms with Gasteiger partial charge in [0.1, 0.15) is 0 Å². The molecule has 144 valence electrons. The van der Waals surface area contributed by atoms with Gasteiger partial charge in [-0.05, 0) is 67.6 Å². The molecule has 1 fully saturated rings. The Kier molecular flexibility index (Phi) is 5.33. The molecule has 1 unspecified atom stereocenters. The molecule has 1 heterocycles. The molecule has 2 aromatic rings. The van der Waals surface area contributed by atoms with Crippen molar-refractivity contribution in [2.24, 2.45) is 0 Å². The number of benzene rings is 2. The Morgan fingerprint density at radius 3 is 2.33 bits per heavy atom. The number of aryl methyl sites for hydroxylation is 2. The SMILES string of the molecule is Cc1ccc(C2CCCN2C(=O)c2ccc(S(=O)(=O)C(F)F)cc2)cc1C. The van der Waals surface area contributed by atoms with E-state index >= 15 is 0 Å². The van der Waals surface area contributed by atoms with Crippen LogP contribution < -0.4 is 0 Å². The summed E-state index contributed by atoms with van der Waals surface area (Å²) in [6, 6.07) is 10.8. The van der Waals surface area contributed by atoms with Crippen LogP contribution in [0.5, 0.6) is 0 Å². The van der Waals surface area contributed by atoms with Crippen LogP contribution >= 0.6 is 0 Å². The maximum Gasteiger partial charge on any atom is 0.341 e. The number of rotatable bonds is 4. The number of halogens is 2. The third-order valence-corrected chi connectivity index (χ3v) is 6.49. The van der Waals surface area contributed by atoms with Crippen molar-refractivity contribution in [2.45, 2.75) is 43.4 Å². The molecule has 0 N–H and O–H groups in total. The Hall–Kier alpha value is -2.28. The van der Waals surface area contributed by atoms with Gasteiger partial charge in [-0.25, -0.2) is 8.42 Å².